The van der Waals surface area contributed by atoms with Crippen molar-refractivity contribution in [2.24, 2.45) is 0 Å². The molecule has 1 aromatic carbocycles. The lowest BCUT2D eigenvalue weighted by Crippen LogP contribution is -2.21. The van der Waals surface area contributed by atoms with Crippen molar-refractivity contribution in [3.63, 3.8) is 0 Å². The first-order valence-electron chi connectivity index (χ1n) is 5.57. The zero-order valence-corrected chi connectivity index (χ0v) is 9.11. The molecule has 0 spiro atoms. The number of aromatic amines is 1. The van der Waals surface area contributed by atoms with Crippen LogP contribution in [-0.2, 0) is 0 Å². The Balaban J connectivity index is 0.000000138. The van der Waals surface area contributed by atoms with E-state index in [2.05, 4.69) is 20.7 Å². The van der Waals surface area contributed by atoms with Gasteiger partial charge < -0.3 is 10.4 Å². The molecule has 0 atom stereocenters. The van der Waals surface area contributed by atoms with Crippen LogP contribution in [0.5, 0.6) is 5.75 Å². The van der Waals surface area contributed by atoms with Gasteiger partial charge in [-0.1, -0.05) is 12.5 Å². The molecule has 0 bridgehead atoms. The summed E-state index contributed by atoms with van der Waals surface area (Å²) in [5.74, 6) is 0.159. The van der Waals surface area contributed by atoms with Gasteiger partial charge in [0.25, 0.3) is 0 Å². The third-order valence-electron chi connectivity index (χ3n) is 2.53. The number of para-hydroxylation sites is 1. The Morgan fingerprint density at radius 1 is 1.06 bits per heavy atom. The normalized spacial score (nSPS) is 15.5. The van der Waals surface area contributed by atoms with Gasteiger partial charge in [-0.2, -0.15) is 15.4 Å². The van der Waals surface area contributed by atoms with Crippen molar-refractivity contribution in [2.75, 3.05) is 13.1 Å². The van der Waals surface area contributed by atoms with Crippen LogP contribution in [0.2, 0.25) is 0 Å². The number of fused-ring (bicyclic) bond motifs is 1. The lowest BCUT2D eigenvalue weighted by Gasteiger charge is -2.08. The number of nitrogens with zero attached hydrogens (tertiary/aromatic N) is 2. The quantitative estimate of drug-likeness (QED) is 0.628. The minimum atomic E-state index is 0.159. The van der Waals surface area contributed by atoms with Crippen molar-refractivity contribution < 1.29 is 5.11 Å². The number of phenolic OH excluding ortho intramolecular Hbond substituents is 1. The molecule has 86 valence electrons. The van der Waals surface area contributed by atoms with E-state index in [9.17, 15) is 0 Å². The highest BCUT2D eigenvalue weighted by molar-refractivity contribution is 5.79. The fourth-order valence-electron chi connectivity index (χ4n) is 1.65. The Morgan fingerprint density at radius 2 is 1.88 bits per heavy atom. The highest BCUT2D eigenvalue weighted by atomic mass is 16.3. The third kappa shape index (κ3) is 2.70. The maximum Gasteiger partial charge on any atom is 0.154 e. The van der Waals surface area contributed by atoms with E-state index < -0.39 is 0 Å². The lowest BCUT2D eigenvalue weighted by molar-refractivity contribution is 0.480. The number of hydrogen-bond donors (Lipinski definition) is 3. The average Bonchev–Trinajstić information content (AvgIpc) is 2.82. The summed E-state index contributed by atoms with van der Waals surface area (Å²) in [6.07, 6.45) is 4.22. The van der Waals surface area contributed by atoms with Crippen molar-refractivity contribution in [3.8, 4) is 5.75 Å². The Kier molecular flexibility index (Phi) is 3.71. The predicted molar refractivity (Wildman–Crippen MR) is 62.3 cm³/mol. The maximum atomic E-state index is 9.14. The van der Waals surface area contributed by atoms with Gasteiger partial charge in [0.05, 0.1) is 0 Å². The van der Waals surface area contributed by atoms with Gasteiger partial charge in [0, 0.05) is 0 Å². The summed E-state index contributed by atoms with van der Waals surface area (Å²) >= 11 is 0. The number of aromatic hydroxyl groups is 1. The van der Waals surface area contributed by atoms with Gasteiger partial charge in [-0.15, -0.1) is 0 Å². The first kappa shape index (κ1) is 10.9. The van der Waals surface area contributed by atoms with Crippen molar-refractivity contribution in [3.05, 3.63) is 18.2 Å². The molecule has 2 heterocycles. The van der Waals surface area contributed by atoms with Crippen LogP contribution >= 0.6 is 0 Å². The molecule has 0 unspecified atom stereocenters. The largest absolute Gasteiger partial charge is 0.506 e. The molecule has 16 heavy (non-hydrogen) atoms. The zero-order chi connectivity index (χ0) is 11.2. The molecule has 0 amide bonds. The molecule has 1 aromatic heterocycles. The van der Waals surface area contributed by atoms with Crippen molar-refractivity contribution in [2.45, 2.75) is 19.3 Å². The van der Waals surface area contributed by atoms with Crippen molar-refractivity contribution >= 4 is 11.0 Å². The van der Waals surface area contributed by atoms with E-state index in [1.165, 1.54) is 32.4 Å². The van der Waals surface area contributed by atoms with Crippen LogP contribution < -0.4 is 5.32 Å². The molecule has 0 radical (unpaired) electrons. The molecular formula is C11H16N4O. The van der Waals surface area contributed by atoms with Gasteiger partial charge in [0.2, 0.25) is 0 Å². The van der Waals surface area contributed by atoms with Gasteiger partial charge in [0.1, 0.15) is 11.3 Å². The van der Waals surface area contributed by atoms with E-state index in [-0.39, 0.29) is 5.75 Å². The smallest absolute Gasteiger partial charge is 0.154 e. The standard InChI is InChI=1S/C6H5N3O.C5H11N/c10-5-3-1-2-4-6(5)8-9-7-4;1-2-4-6-5-3-1/h1-3,10H,(H,7,8,9);6H,1-5H2. The fraction of sp³-hybridized carbons (Fsp3) is 0.455. The van der Waals surface area contributed by atoms with Gasteiger partial charge in [-0.25, -0.2) is 0 Å². The van der Waals surface area contributed by atoms with E-state index >= 15 is 0 Å². The summed E-state index contributed by atoms with van der Waals surface area (Å²) in [5, 5.41) is 22.4. The first-order valence-corrected chi connectivity index (χ1v) is 5.57. The Morgan fingerprint density at radius 3 is 2.44 bits per heavy atom. The molecule has 2 aromatic rings. The number of nitrogens with one attached hydrogen (secondary N) is 2. The SMILES string of the molecule is C1CCNCC1.Oc1cccc2n[nH]nc12. The molecular weight excluding hydrogens is 204 g/mol. The van der Waals surface area contributed by atoms with Crippen LogP contribution in [0.25, 0.3) is 11.0 Å². The van der Waals surface area contributed by atoms with Gasteiger partial charge in [-0.05, 0) is 38.1 Å². The summed E-state index contributed by atoms with van der Waals surface area (Å²) in [5.41, 5.74) is 1.20. The summed E-state index contributed by atoms with van der Waals surface area (Å²) in [4.78, 5) is 0. The number of hydrogen-bond acceptors (Lipinski definition) is 4. The molecule has 5 nitrogen and oxygen atoms in total. The molecule has 3 rings (SSSR count). The highest BCUT2D eigenvalue weighted by Crippen LogP contribution is 2.18. The number of phenols is 1. The number of H-pyrrole nitrogens is 1. The highest BCUT2D eigenvalue weighted by Gasteiger charge is 2.00. The molecule has 0 saturated carbocycles. The van der Waals surface area contributed by atoms with Crippen LogP contribution in [0.1, 0.15) is 19.3 Å². The third-order valence-corrected chi connectivity index (χ3v) is 2.53. The number of piperidine rings is 1. The molecule has 3 N–H and O–H groups in total. The Hall–Kier alpha value is -1.62. The van der Waals surface area contributed by atoms with Crippen molar-refractivity contribution in [1.29, 1.82) is 0 Å². The van der Waals surface area contributed by atoms with Gasteiger partial charge >= 0.3 is 0 Å². The van der Waals surface area contributed by atoms with Crippen LogP contribution in [0.4, 0.5) is 0 Å². The summed E-state index contributed by atoms with van der Waals surface area (Å²) < 4.78 is 0. The molecule has 1 aliphatic rings. The fourth-order valence-corrected chi connectivity index (χ4v) is 1.65. The second-order valence-electron chi connectivity index (χ2n) is 3.78. The van der Waals surface area contributed by atoms with E-state index in [0.29, 0.717) is 11.0 Å². The molecule has 1 fully saturated rings. The summed E-state index contributed by atoms with van der Waals surface area (Å²) in [6.45, 7) is 2.50. The van der Waals surface area contributed by atoms with Crippen LogP contribution in [-0.4, -0.2) is 33.6 Å². The molecule has 1 saturated heterocycles. The first-order chi connectivity index (χ1) is 7.88. The lowest BCUT2D eigenvalue weighted by atomic mass is 10.2. The van der Waals surface area contributed by atoms with Crippen molar-refractivity contribution in [1.82, 2.24) is 20.7 Å². The molecule has 5 heteroatoms. The minimum Gasteiger partial charge on any atom is -0.506 e. The van der Waals surface area contributed by atoms with E-state index in [0.717, 1.165) is 0 Å². The second-order valence-corrected chi connectivity index (χ2v) is 3.78. The average molecular weight is 220 g/mol. The number of aromatic nitrogens is 3. The van der Waals surface area contributed by atoms with Crippen LogP contribution in [0.15, 0.2) is 18.2 Å². The molecule has 1 aliphatic heterocycles. The number of benzene rings is 1. The number of rotatable bonds is 0. The van der Waals surface area contributed by atoms with E-state index in [1.54, 1.807) is 18.2 Å². The molecule has 0 aliphatic carbocycles. The van der Waals surface area contributed by atoms with Crippen LogP contribution in [0, 0.1) is 0 Å². The topological polar surface area (TPSA) is 73.8 Å². The summed E-state index contributed by atoms with van der Waals surface area (Å²) in [7, 11) is 0. The van der Waals surface area contributed by atoms with E-state index in [4.69, 9.17) is 5.11 Å². The van der Waals surface area contributed by atoms with Crippen LogP contribution in [0.3, 0.4) is 0 Å². The minimum absolute atomic E-state index is 0.159. The second kappa shape index (κ2) is 5.46. The van der Waals surface area contributed by atoms with E-state index in [1.807, 2.05) is 0 Å². The monoisotopic (exact) mass is 220 g/mol. The maximum absolute atomic E-state index is 9.14. The summed E-state index contributed by atoms with van der Waals surface area (Å²) in [6, 6.07) is 5.07. The zero-order valence-electron chi connectivity index (χ0n) is 9.11. The van der Waals surface area contributed by atoms with Gasteiger partial charge in [0.15, 0.2) is 5.52 Å². The Labute approximate surface area is 93.9 Å². The Bertz CT molecular complexity index is 425. The predicted octanol–water partition coefficient (Wildman–Crippen LogP) is 1.42. The van der Waals surface area contributed by atoms with Gasteiger partial charge in [-0.3, -0.25) is 0 Å².